The van der Waals surface area contributed by atoms with Crippen LogP contribution in [0.3, 0.4) is 0 Å². The number of methoxy groups -OCH3 is 2. The molecule has 1 N–H and O–H groups in total. The number of hydrogen-bond acceptors (Lipinski definition) is 5. The lowest BCUT2D eigenvalue weighted by molar-refractivity contribution is -0.137. The molecule has 0 atom stereocenters. The van der Waals surface area contributed by atoms with Crippen LogP contribution >= 0.6 is 0 Å². The molecular weight excluding hydrogens is 413 g/mol. The molecule has 0 saturated carbocycles. The predicted molar refractivity (Wildman–Crippen MR) is 111 cm³/mol. The average Bonchev–Trinajstić information content (AvgIpc) is 2.72. The Hall–Kier alpha value is -3.23. The van der Waals surface area contributed by atoms with Crippen LogP contribution in [0.4, 0.5) is 13.2 Å². The van der Waals surface area contributed by atoms with E-state index in [-0.39, 0.29) is 24.2 Å². The SMILES string of the molecule is COc1ccc(CCN=C(NC(=O)c2cccc(C(F)(F)F)c2)OC(C)C)cc1OC. The van der Waals surface area contributed by atoms with E-state index < -0.39 is 17.6 Å². The number of rotatable bonds is 7. The zero-order valence-corrected chi connectivity index (χ0v) is 17.7. The van der Waals surface area contributed by atoms with Gasteiger partial charge in [-0.1, -0.05) is 12.1 Å². The molecule has 2 rings (SSSR count). The highest BCUT2D eigenvalue weighted by molar-refractivity contribution is 6.04. The molecule has 0 bridgehead atoms. The molecule has 9 heteroatoms. The van der Waals surface area contributed by atoms with E-state index in [4.69, 9.17) is 14.2 Å². The van der Waals surface area contributed by atoms with E-state index in [0.29, 0.717) is 17.9 Å². The molecule has 31 heavy (non-hydrogen) atoms. The summed E-state index contributed by atoms with van der Waals surface area (Å²) in [6.07, 6.45) is -4.31. The zero-order chi connectivity index (χ0) is 23.0. The fraction of sp³-hybridized carbons (Fsp3) is 0.364. The van der Waals surface area contributed by atoms with Crippen molar-refractivity contribution in [3.63, 3.8) is 0 Å². The topological polar surface area (TPSA) is 69.2 Å². The van der Waals surface area contributed by atoms with E-state index in [2.05, 4.69) is 10.3 Å². The van der Waals surface area contributed by atoms with E-state index in [0.717, 1.165) is 17.7 Å². The smallest absolute Gasteiger partial charge is 0.416 e. The maximum Gasteiger partial charge on any atom is 0.416 e. The highest BCUT2D eigenvalue weighted by Gasteiger charge is 2.31. The number of halogens is 3. The van der Waals surface area contributed by atoms with Crippen LogP contribution in [0.25, 0.3) is 0 Å². The van der Waals surface area contributed by atoms with Gasteiger partial charge >= 0.3 is 6.18 Å². The Bertz CT molecular complexity index is 927. The largest absolute Gasteiger partial charge is 0.493 e. The number of nitrogens with zero attached hydrogens (tertiary/aromatic N) is 1. The van der Waals surface area contributed by atoms with Gasteiger partial charge < -0.3 is 14.2 Å². The molecule has 2 aromatic carbocycles. The summed E-state index contributed by atoms with van der Waals surface area (Å²) < 4.78 is 54.7. The highest BCUT2D eigenvalue weighted by atomic mass is 19.4. The third-order valence-corrected chi connectivity index (χ3v) is 4.12. The van der Waals surface area contributed by atoms with Crippen LogP contribution in [0.5, 0.6) is 11.5 Å². The number of nitrogens with one attached hydrogen (secondary N) is 1. The van der Waals surface area contributed by atoms with Crippen LogP contribution in [0.2, 0.25) is 0 Å². The molecule has 0 aliphatic heterocycles. The average molecular weight is 438 g/mol. The second-order valence-electron chi connectivity index (χ2n) is 6.83. The van der Waals surface area contributed by atoms with Gasteiger partial charge in [0.25, 0.3) is 11.9 Å². The van der Waals surface area contributed by atoms with Crippen LogP contribution < -0.4 is 14.8 Å². The molecule has 0 aromatic heterocycles. The number of hydrogen-bond donors (Lipinski definition) is 1. The number of carbonyl (C=O) groups excluding carboxylic acids is 1. The summed E-state index contributed by atoms with van der Waals surface area (Å²) in [6.45, 7) is 3.78. The van der Waals surface area contributed by atoms with E-state index in [1.807, 2.05) is 12.1 Å². The minimum atomic E-state index is -4.54. The number of aliphatic imine (C=N–C) groups is 1. The summed E-state index contributed by atoms with van der Waals surface area (Å²) in [6, 6.07) is 9.55. The fourth-order valence-electron chi connectivity index (χ4n) is 2.66. The lowest BCUT2D eigenvalue weighted by Gasteiger charge is -2.14. The number of ether oxygens (including phenoxy) is 3. The Morgan fingerprint density at radius 2 is 1.77 bits per heavy atom. The molecule has 0 spiro atoms. The van der Waals surface area contributed by atoms with Gasteiger partial charge in [-0.25, -0.2) is 4.99 Å². The third kappa shape index (κ3) is 7.20. The summed E-state index contributed by atoms with van der Waals surface area (Å²) in [5.41, 5.74) is -0.124. The predicted octanol–water partition coefficient (Wildman–Crippen LogP) is 4.48. The van der Waals surface area contributed by atoms with E-state index in [9.17, 15) is 18.0 Å². The monoisotopic (exact) mass is 438 g/mol. The first-order chi connectivity index (χ1) is 14.6. The van der Waals surface area contributed by atoms with Crippen molar-refractivity contribution in [3.05, 3.63) is 59.2 Å². The Labute approximate surface area is 179 Å². The molecule has 0 aliphatic carbocycles. The second-order valence-corrected chi connectivity index (χ2v) is 6.83. The van der Waals surface area contributed by atoms with Crippen molar-refractivity contribution >= 4 is 11.9 Å². The Balaban J connectivity index is 2.11. The molecule has 168 valence electrons. The van der Waals surface area contributed by atoms with Crippen LogP contribution in [-0.4, -0.2) is 38.8 Å². The molecule has 1 amide bonds. The van der Waals surface area contributed by atoms with Gasteiger partial charge in [-0.05, 0) is 56.2 Å². The summed E-state index contributed by atoms with van der Waals surface area (Å²) in [5.74, 6) is 0.448. The minimum absolute atomic E-state index is 0.0575. The van der Waals surface area contributed by atoms with Gasteiger partial charge in [-0.3, -0.25) is 10.1 Å². The van der Waals surface area contributed by atoms with Crippen LogP contribution in [0.15, 0.2) is 47.5 Å². The first-order valence-electron chi connectivity index (χ1n) is 9.54. The normalized spacial score (nSPS) is 11.9. The van der Waals surface area contributed by atoms with Crippen LogP contribution in [-0.2, 0) is 17.3 Å². The molecule has 0 unspecified atom stereocenters. The number of carbonyl (C=O) groups is 1. The first-order valence-corrected chi connectivity index (χ1v) is 9.54. The molecule has 0 fully saturated rings. The Kier molecular flexibility index (Phi) is 8.30. The molecule has 2 aromatic rings. The van der Waals surface area contributed by atoms with E-state index >= 15 is 0 Å². The number of benzene rings is 2. The van der Waals surface area contributed by atoms with Gasteiger partial charge in [0.1, 0.15) is 0 Å². The van der Waals surface area contributed by atoms with Gasteiger partial charge in [-0.15, -0.1) is 0 Å². The standard InChI is InChI=1S/C22H25F3N2O4/c1-14(2)31-21(26-11-10-15-8-9-18(29-3)19(12-15)30-4)27-20(28)16-6-5-7-17(13-16)22(23,24)25/h5-9,12-14H,10-11H2,1-4H3,(H,26,27,28). The molecule has 0 heterocycles. The zero-order valence-electron chi connectivity index (χ0n) is 17.7. The van der Waals surface area contributed by atoms with Crippen molar-refractivity contribution in [3.8, 4) is 11.5 Å². The quantitative estimate of drug-likeness (QED) is 0.511. The van der Waals surface area contributed by atoms with Gasteiger partial charge in [0.2, 0.25) is 0 Å². The van der Waals surface area contributed by atoms with Crippen molar-refractivity contribution in [1.82, 2.24) is 5.32 Å². The maximum absolute atomic E-state index is 12.9. The number of amides is 1. The summed E-state index contributed by atoms with van der Waals surface area (Å²) in [7, 11) is 3.09. The third-order valence-electron chi connectivity index (χ3n) is 4.12. The maximum atomic E-state index is 12.9. The first kappa shape index (κ1) is 24.0. The molecule has 0 saturated heterocycles. The molecular formula is C22H25F3N2O4. The molecule has 0 radical (unpaired) electrons. The highest BCUT2D eigenvalue weighted by Crippen LogP contribution is 2.29. The Morgan fingerprint density at radius 1 is 1.06 bits per heavy atom. The molecule has 6 nitrogen and oxygen atoms in total. The Morgan fingerprint density at radius 3 is 2.39 bits per heavy atom. The lowest BCUT2D eigenvalue weighted by Crippen LogP contribution is -2.34. The van der Waals surface area contributed by atoms with Crippen LogP contribution in [0.1, 0.15) is 35.3 Å². The van der Waals surface area contributed by atoms with E-state index in [1.165, 1.54) is 19.2 Å². The lowest BCUT2D eigenvalue weighted by atomic mass is 10.1. The fourth-order valence-corrected chi connectivity index (χ4v) is 2.66. The van der Waals surface area contributed by atoms with E-state index in [1.54, 1.807) is 27.0 Å². The van der Waals surface area contributed by atoms with Crippen molar-refractivity contribution in [1.29, 1.82) is 0 Å². The van der Waals surface area contributed by atoms with Crippen LogP contribution in [0, 0.1) is 0 Å². The van der Waals surface area contributed by atoms with Crippen molar-refractivity contribution in [2.45, 2.75) is 32.5 Å². The minimum Gasteiger partial charge on any atom is -0.493 e. The summed E-state index contributed by atoms with van der Waals surface area (Å²) >= 11 is 0. The van der Waals surface area contributed by atoms with Crippen molar-refractivity contribution in [2.24, 2.45) is 4.99 Å². The number of alkyl halides is 3. The summed E-state index contributed by atoms with van der Waals surface area (Å²) in [4.78, 5) is 16.7. The van der Waals surface area contributed by atoms with Gasteiger partial charge in [0, 0.05) is 12.1 Å². The van der Waals surface area contributed by atoms with Gasteiger partial charge in [-0.2, -0.15) is 13.2 Å². The van der Waals surface area contributed by atoms with Crippen molar-refractivity contribution in [2.75, 3.05) is 20.8 Å². The van der Waals surface area contributed by atoms with Gasteiger partial charge in [0.15, 0.2) is 11.5 Å². The van der Waals surface area contributed by atoms with Crippen molar-refractivity contribution < 1.29 is 32.2 Å². The van der Waals surface area contributed by atoms with Gasteiger partial charge in [0.05, 0.1) is 25.9 Å². The molecule has 0 aliphatic rings. The summed E-state index contributed by atoms with van der Waals surface area (Å²) in [5, 5.41) is 2.45. The second kappa shape index (κ2) is 10.7. The number of amidine groups is 1.